The zero-order valence-corrected chi connectivity index (χ0v) is 11.3. The van der Waals surface area contributed by atoms with Crippen LogP contribution in [0.2, 0.25) is 0 Å². The molecule has 0 fully saturated rings. The number of alkyl halides is 3. The summed E-state index contributed by atoms with van der Waals surface area (Å²) in [5, 5.41) is 10.3. The molecule has 0 aliphatic carbocycles. The molecule has 0 saturated heterocycles. The number of hydrogen-bond donors (Lipinski definition) is 1. The van der Waals surface area contributed by atoms with Crippen molar-refractivity contribution in [2.75, 3.05) is 0 Å². The number of hydrogen-bond acceptors (Lipinski definition) is 4. The zero-order chi connectivity index (χ0) is 15.6. The standard InChI is InChI=1S/C13H13F4N3O/c1-7(2)18-6-10-19-20-12(21-10)8-4-3-5-9(11(8)14)13(15,16)17/h3-5,7,18H,6H2,1-2H3. The van der Waals surface area contributed by atoms with Gasteiger partial charge in [0.1, 0.15) is 5.82 Å². The van der Waals surface area contributed by atoms with Gasteiger partial charge in [-0.1, -0.05) is 19.9 Å². The molecule has 0 radical (unpaired) electrons. The van der Waals surface area contributed by atoms with Gasteiger partial charge >= 0.3 is 6.18 Å². The van der Waals surface area contributed by atoms with Crippen molar-refractivity contribution < 1.29 is 22.0 Å². The van der Waals surface area contributed by atoms with Gasteiger partial charge in [0.2, 0.25) is 5.89 Å². The number of rotatable bonds is 4. The van der Waals surface area contributed by atoms with E-state index in [1.54, 1.807) is 0 Å². The maximum Gasteiger partial charge on any atom is 0.419 e. The van der Waals surface area contributed by atoms with Crippen LogP contribution in [0.15, 0.2) is 22.6 Å². The predicted octanol–water partition coefficient (Wildman–Crippen LogP) is 3.39. The van der Waals surface area contributed by atoms with Gasteiger partial charge in [-0.15, -0.1) is 10.2 Å². The molecule has 4 nitrogen and oxygen atoms in total. The Bertz CT molecular complexity index is 622. The average Bonchev–Trinajstić information content (AvgIpc) is 2.83. The lowest BCUT2D eigenvalue weighted by Crippen LogP contribution is -2.21. The maximum absolute atomic E-state index is 13.9. The molecule has 0 saturated carbocycles. The third-order valence-electron chi connectivity index (χ3n) is 2.66. The van der Waals surface area contributed by atoms with Crippen LogP contribution in [-0.2, 0) is 12.7 Å². The van der Waals surface area contributed by atoms with Crippen molar-refractivity contribution in [3.63, 3.8) is 0 Å². The van der Waals surface area contributed by atoms with Crippen LogP contribution in [0.25, 0.3) is 11.5 Å². The van der Waals surface area contributed by atoms with Crippen LogP contribution in [-0.4, -0.2) is 16.2 Å². The molecule has 0 spiro atoms. The lowest BCUT2D eigenvalue weighted by Gasteiger charge is -2.09. The van der Waals surface area contributed by atoms with Crippen LogP contribution in [0, 0.1) is 5.82 Å². The zero-order valence-electron chi connectivity index (χ0n) is 11.3. The van der Waals surface area contributed by atoms with Crippen molar-refractivity contribution >= 4 is 0 Å². The Morgan fingerprint density at radius 1 is 1.24 bits per heavy atom. The van der Waals surface area contributed by atoms with Gasteiger partial charge in [0.15, 0.2) is 0 Å². The molecule has 0 amide bonds. The van der Waals surface area contributed by atoms with Gasteiger partial charge in [0.05, 0.1) is 17.7 Å². The first-order valence-corrected chi connectivity index (χ1v) is 6.21. The second kappa shape index (κ2) is 5.80. The molecule has 2 aromatic rings. The Balaban J connectivity index is 2.31. The minimum absolute atomic E-state index is 0.172. The molecule has 21 heavy (non-hydrogen) atoms. The van der Waals surface area contributed by atoms with E-state index in [9.17, 15) is 17.6 Å². The summed E-state index contributed by atoms with van der Waals surface area (Å²) in [6, 6.07) is 3.09. The Morgan fingerprint density at radius 3 is 2.57 bits per heavy atom. The normalized spacial score (nSPS) is 12.1. The fraction of sp³-hybridized carbons (Fsp3) is 0.385. The SMILES string of the molecule is CC(C)NCc1nnc(-c2cccc(C(F)(F)F)c2F)o1. The highest BCUT2D eigenvalue weighted by Crippen LogP contribution is 2.35. The summed E-state index contributed by atoms with van der Waals surface area (Å²) in [7, 11) is 0. The minimum Gasteiger partial charge on any atom is -0.419 e. The quantitative estimate of drug-likeness (QED) is 0.880. The summed E-state index contributed by atoms with van der Waals surface area (Å²) in [6.07, 6.45) is -4.78. The van der Waals surface area contributed by atoms with Crippen molar-refractivity contribution in [1.82, 2.24) is 15.5 Å². The highest BCUT2D eigenvalue weighted by Gasteiger charge is 2.35. The van der Waals surface area contributed by atoms with Crippen LogP contribution in [0.5, 0.6) is 0 Å². The molecule has 1 aromatic carbocycles. The fourth-order valence-corrected chi connectivity index (χ4v) is 1.64. The molecule has 0 aliphatic rings. The van der Waals surface area contributed by atoms with Crippen LogP contribution < -0.4 is 5.32 Å². The Labute approximate surface area is 118 Å². The smallest absolute Gasteiger partial charge is 0.419 e. The third-order valence-corrected chi connectivity index (χ3v) is 2.66. The van der Waals surface area contributed by atoms with Crippen molar-refractivity contribution in [2.45, 2.75) is 32.6 Å². The Kier molecular flexibility index (Phi) is 4.26. The predicted molar refractivity (Wildman–Crippen MR) is 66.7 cm³/mol. The first-order chi connectivity index (χ1) is 9.79. The summed E-state index contributed by atoms with van der Waals surface area (Å²) in [5.74, 6) is -1.52. The number of benzene rings is 1. The van der Waals surface area contributed by atoms with Gasteiger partial charge in [0, 0.05) is 6.04 Å². The summed E-state index contributed by atoms with van der Waals surface area (Å²) in [6.45, 7) is 4.07. The van der Waals surface area contributed by atoms with Crippen molar-refractivity contribution in [1.29, 1.82) is 0 Å². The fourth-order valence-electron chi connectivity index (χ4n) is 1.64. The molecule has 2 rings (SSSR count). The van der Waals surface area contributed by atoms with Gasteiger partial charge in [-0.2, -0.15) is 13.2 Å². The van der Waals surface area contributed by atoms with E-state index in [2.05, 4.69) is 15.5 Å². The molecule has 8 heteroatoms. The van der Waals surface area contributed by atoms with E-state index >= 15 is 0 Å². The minimum atomic E-state index is -4.78. The molecule has 0 aliphatic heterocycles. The largest absolute Gasteiger partial charge is 0.419 e. The highest BCUT2D eigenvalue weighted by molar-refractivity contribution is 5.55. The molecule has 0 bridgehead atoms. The topological polar surface area (TPSA) is 51.0 Å². The molecule has 114 valence electrons. The van der Waals surface area contributed by atoms with Crippen molar-refractivity contribution in [3.8, 4) is 11.5 Å². The average molecular weight is 303 g/mol. The van der Waals surface area contributed by atoms with Gasteiger partial charge in [-0.25, -0.2) is 4.39 Å². The second-order valence-electron chi connectivity index (χ2n) is 4.70. The molecule has 1 aromatic heterocycles. The summed E-state index contributed by atoms with van der Waals surface area (Å²) in [4.78, 5) is 0. The first kappa shape index (κ1) is 15.4. The van der Waals surface area contributed by atoms with E-state index in [0.29, 0.717) is 6.07 Å². The highest BCUT2D eigenvalue weighted by atomic mass is 19.4. The first-order valence-electron chi connectivity index (χ1n) is 6.21. The molecule has 1 heterocycles. The summed E-state index contributed by atoms with van der Waals surface area (Å²) in [5.41, 5.74) is -1.73. The maximum atomic E-state index is 13.9. The van der Waals surface area contributed by atoms with Crippen molar-refractivity contribution in [2.24, 2.45) is 0 Å². The number of nitrogens with one attached hydrogen (secondary N) is 1. The number of nitrogens with zero attached hydrogens (tertiary/aromatic N) is 2. The van der Waals surface area contributed by atoms with E-state index in [1.807, 2.05) is 13.8 Å². The lowest BCUT2D eigenvalue weighted by atomic mass is 10.1. The lowest BCUT2D eigenvalue weighted by molar-refractivity contribution is -0.139. The van der Waals surface area contributed by atoms with E-state index in [-0.39, 0.29) is 29.9 Å². The van der Waals surface area contributed by atoms with E-state index in [0.717, 1.165) is 12.1 Å². The number of halogens is 4. The molecule has 0 unspecified atom stereocenters. The molecule has 1 N–H and O–H groups in total. The van der Waals surface area contributed by atoms with Crippen LogP contribution in [0.3, 0.4) is 0 Å². The van der Waals surface area contributed by atoms with E-state index < -0.39 is 17.6 Å². The van der Waals surface area contributed by atoms with Gasteiger partial charge in [0.25, 0.3) is 5.89 Å². The van der Waals surface area contributed by atoms with Gasteiger partial charge < -0.3 is 9.73 Å². The van der Waals surface area contributed by atoms with Crippen LogP contribution in [0.1, 0.15) is 25.3 Å². The second-order valence-corrected chi connectivity index (χ2v) is 4.70. The van der Waals surface area contributed by atoms with Gasteiger partial charge in [-0.05, 0) is 12.1 Å². The summed E-state index contributed by atoms with van der Waals surface area (Å²) < 4.78 is 57.0. The van der Waals surface area contributed by atoms with Gasteiger partial charge in [-0.3, -0.25) is 0 Å². The molecule has 0 atom stereocenters. The van der Waals surface area contributed by atoms with Crippen molar-refractivity contribution in [3.05, 3.63) is 35.5 Å². The van der Waals surface area contributed by atoms with Crippen LogP contribution in [0.4, 0.5) is 17.6 Å². The number of aromatic nitrogens is 2. The summed E-state index contributed by atoms with van der Waals surface area (Å²) >= 11 is 0. The Morgan fingerprint density at radius 2 is 1.95 bits per heavy atom. The third kappa shape index (κ3) is 3.57. The molecular weight excluding hydrogens is 290 g/mol. The van der Waals surface area contributed by atoms with Crippen LogP contribution >= 0.6 is 0 Å². The Hall–Kier alpha value is -1.96. The monoisotopic (exact) mass is 303 g/mol. The van der Waals surface area contributed by atoms with E-state index in [1.165, 1.54) is 0 Å². The molecular formula is C13H13F4N3O. The van der Waals surface area contributed by atoms with E-state index in [4.69, 9.17) is 4.42 Å².